The number of hydrogen-bond donors (Lipinski definition) is 0. The summed E-state index contributed by atoms with van der Waals surface area (Å²) in [7, 11) is 0. The van der Waals surface area contributed by atoms with Crippen LogP contribution in [0.5, 0.6) is 0 Å². The van der Waals surface area contributed by atoms with Crippen LogP contribution in [0.1, 0.15) is 12.5 Å². The SMILES string of the molecule is CC1CN(CCc2ccccc2)C1=O. The first kappa shape index (κ1) is 9.25. The highest BCUT2D eigenvalue weighted by molar-refractivity contribution is 5.84. The molecule has 0 radical (unpaired) electrons. The number of benzene rings is 1. The fraction of sp³-hybridized carbons (Fsp3) is 0.417. The Balaban J connectivity index is 1.82. The lowest BCUT2D eigenvalue weighted by Crippen LogP contribution is -2.51. The van der Waals surface area contributed by atoms with E-state index in [0.29, 0.717) is 5.91 Å². The van der Waals surface area contributed by atoms with Gasteiger partial charge in [-0.1, -0.05) is 37.3 Å². The third kappa shape index (κ3) is 1.79. The van der Waals surface area contributed by atoms with Crippen LogP contribution in [0.3, 0.4) is 0 Å². The lowest BCUT2D eigenvalue weighted by Gasteiger charge is -2.36. The summed E-state index contributed by atoms with van der Waals surface area (Å²) in [6.07, 6.45) is 0.972. The molecule has 1 aliphatic heterocycles. The molecule has 0 saturated carbocycles. The highest BCUT2D eigenvalue weighted by Crippen LogP contribution is 2.16. The fourth-order valence-electron chi connectivity index (χ4n) is 1.81. The van der Waals surface area contributed by atoms with Gasteiger partial charge in [-0.05, 0) is 12.0 Å². The first-order valence-corrected chi connectivity index (χ1v) is 5.10. The predicted molar refractivity (Wildman–Crippen MR) is 55.9 cm³/mol. The molecule has 1 aromatic carbocycles. The smallest absolute Gasteiger partial charge is 0.227 e. The Morgan fingerprint density at radius 3 is 2.64 bits per heavy atom. The van der Waals surface area contributed by atoms with Crippen molar-refractivity contribution in [1.82, 2.24) is 4.90 Å². The summed E-state index contributed by atoms with van der Waals surface area (Å²) in [5, 5.41) is 0. The first-order chi connectivity index (χ1) is 6.77. The van der Waals surface area contributed by atoms with E-state index >= 15 is 0 Å². The summed E-state index contributed by atoms with van der Waals surface area (Å²) in [6, 6.07) is 10.3. The molecule has 1 atom stereocenters. The molecule has 1 aliphatic rings. The molecule has 0 N–H and O–H groups in total. The van der Waals surface area contributed by atoms with Crippen LogP contribution in [0.2, 0.25) is 0 Å². The van der Waals surface area contributed by atoms with E-state index in [2.05, 4.69) is 12.1 Å². The van der Waals surface area contributed by atoms with Crippen molar-refractivity contribution in [2.24, 2.45) is 5.92 Å². The number of rotatable bonds is 3. The molecule has 1 unspecified atom stereocenters. The molecule has 2 nitrogen and oxygen atoms in total. The van der Waals surface area contributed by atoms with Crippen LogP contribution in [0.15, 0.2) is 30.3 Å². The number of β-lactam (4-membered cyclic amide) rings is 1. The van der Waals surface area contributed by atoms with Crippen LogP contribution in [-0.4, -0.2) is 23.9 Å². The number of likely N-dealkylation sites (tertiary alicyclic amines) is 1. The molecular formula is C12H15NO. The molecular weight excluding hydrogens is 174 g/mol. The summed E-state index contributed by atoms with van der Waals surface area (Å²) in [4.78, 5) is 13.2. The van der Waals surface area contributed by atoms with E-state index in [4.69, 9.17) is 0 Å². The van der Waals surface area contributed by atoms with Gasteiger partial charge >= 0.3 is 0 Å². The van der Waals surface area contributed by atoms with Crippen molar-refractivity contribution in [3.05, 3.63) is 35.9 Å². The lowest BCUT2D eigenvalue weighted by atomic mass is 10.0. The van der Waals surface area contributed by atoms with Gasteiger partial charge in [0.2, 0.25) is 5.91 Å². The highest BCUT2D eigenvalue weighted by Gasteiger charge is 2.31. The third-order valence-electron chi connectivity index (χ3n) is 2.74. The summed E-state index contributed by atoms with van der Waals surface area (Å²) in [5.41, 5.74) is 1.31. The van der Waals surface area contributed by atoms with Gasteiger partial charge in [-0.25, -0.2) is 0 Å². The third-order valence-corrected chi connectivity index (χ3v) is 2.74. The minimum atomic E-state index is 0.255. The van der Waals surface area contributed by atoms with Gasteiger partial charge in [0.1, 0.15) is 0 Å². The Kier molecular flexibility index (Phi) is 2.53. The maximum absolute atomic E-state index is 11.3. The average Bonchev–Trinajstić information content (AvgIpc) is 2.25. The first-order valence-electron chi connectivity index (χ1n) is 5.10. The van der Waals surface area contributed by atoms with Gasteiger partial charge < -0.3 is 4.90 Å². The molecule has 0 bridgehead atoms. The van der Waals surface area contributed by atoms with Crippen molar-refractivity contribution in [1.29, 1.82) is 0 Å². The number of carbonyl (C=O) groups excluding carboxylic acids is 1. The Morgan fingerprint density at radius 1 is 1.36 bits per heavy atom. The van der Waals surface area contributed by atoms with Gasteiger partial charge in [0.15, 0.2) is 0 Å². The van der Waals surface area contributed by atoms with Crippen LogP contribution in [0.25, 0.3) is 0 Å². The molecule has 0 spiro atoms. The lowest BCUT2D eigenvalue weighted by molar-refractivity contribution is -0.146. The summed E-state index contributed by atoms with van der Waals surface area (Å²) in [5.74, 6) is 0.562. The predicted octanol–water partition coefficient (Wildman–Crippen LogP) is 1.71. The van der Waals surface area contributed by atoms with Gasteiger partial charge in [0.25, 0.3) is 0 Å². The van der Waals surface area contributed by atoms with Gasteiger partial charge in [0.05, 0.1) is 5.92 Å². The Labute approximate surface area is 84.5 Å². The molecule has 14 heavy (non-hydrogen) atoms. The minimum absolute atomic E-state index is 0.255. The zero-order valence-electron chi connectivity index (χ0n) is 8.44. The standard InChI is InChI=1S/C12H15NO/c1-10-9-13(12(10)14)8-7-11-5-3-2-4-6-11/h2-6,10H,7-9H2,1H3. The van der Waals surface area contributed by atoms with Gasteiger partial charge in [-0.2, -0.15) is 0 Å². The second-order valence-electron chi connectivity index (χ2n) is 3.92. The maximum atomic E-state index is 11.3. The number of nitrogens with zero attached hydrogens (tertiary/aromatic N) is 1. The summed E-state index contributed by atoms with van der Waals surface area (Å²) < 4.78 is 0. The molecule has 74 valence electrons. The van der Waals surface area contributed by atoms with Crippen molar-refractivity contribution in [3.63, 3.8) is 0 Å². The van der Waals surface area contributed by atoms with Crippen molar-refractivity contribution in [3.8, 4) is 0 Å². The van der Waals surface area contributed by atoms with Gasteiger partial charge in [-0.3, -0.25) is 4.79 Å². The van der Waals surface area contributed by atoms with Crippen LogP contribution >= 0.6 is 0 Å². The normalized spacial score (nSPS) is 20.8. The van der Waals surface area contributed by atoms with Crippen molar-refractivity contribution < 1.29 is 4.79 Å². The number of hydrogen-bond acceptors (Lipinski definition) is 1. The maximum Gasteiger partial charge on any atom is 0.227 e. The van der Waals surface area contributed by atoms with E-state index in [0.717, 1.165) is 19.5 Å². The Hall–Kier alpha value is -1.31. The van der Waals surface area contributed by atoms with Crippen LogP contribution in [-0.2, 0) is 11.2 Å². The van der Waals surface area contributed by atoms with E-state index in [1.807, 2.05) is 30.0 Å². The molecule has 1 fully saturated rings. The molecule has 2 rings (SSSR count). The topological polar surface area (TPSA) is 20.3 Å². The summed E-state index contributed by atoms with van der Waals surface area (Å²) >= 11 is 0. The minimum Gasteiger partial charge on any atom is -0.341 e. The van der Waals surface area contributed by atoms with E-state index in [9.17, 15) is 4.79 Å². The van der Waals surface area contributed by atoms with E-state index in [-0.39, 0.29) is 5.92 Å². The second kappa shape index (κ2) is 3.82. The molecule has 1 aromatic rings. The van der Waals surface area contributed by atoms with Gasteiger partial charge in [0, 0.05) is 13.1 Å². The molecule has 1 heterocycles. The van der Waals surface area contributed by atoms with Crippen LogP contribution in [0, 0.1) is 5.92 Å². The quantitative estimate of drug-likeness (QED) is 0.663. The van der Waals surface area contributed by atoms with E-state index < -0.39 is 0 Å². The molecule has 1 saturated heterocycles. The second-order valence-corrected chi connectivity index (χ2v) is 3.92. The Morgan fingerprint density at radius 2 is 2.07 bits per heavy atom. The van der Waals surface area contributed by atoms with Crippen LogP contribution < -0.4 is 0 Å². The van der Waals surface area contributed by atoms with E-state index in [1.165, 1.54) is 5.56 Å². The van der Waals surface area contributed by atoms with Crippen LogP contribution in [0.4, 0.5) is 0 Å². The zero-order valence-corrected chi connectivity index (χ0v) is 8.44. The van der Waals surface area contributed by atoms with Crippen molar-refractivity contribution in [2.75, 3.05) is 13.1 Å². The van der Waals surface area contributed by atoms with E-state index in [1.54, 1.807) is 0 Å². The average molecular weight is 189 g/mol. The molecule has 0 aromatic heterocycles. The monoisotopic (exact) mass is 189 g/mol. The molecule has 2 heteroatoms. The number of carbonyl (C=O) groups is 1. The summed E-state index contributed by atoms with van der Waals surface area (Å²) in [6.45, 7) is 3.79. The highest BCUT2D eigenvalue weighted by atomic mass is 16.2. The van der Waals surface area contributed by atoms with Crippen molar-refractivity contribution >= 4 is 5.91 Å². The number of amides is 1. The van der Waals surface area contributed by atoms with Gasteiger partial charge in [-0.15, -0.1) is 0 Å². The largest absolute Gasteiger partial charge is 0.341 e. The molecule has 0 aliphatic carbocycles. The molecule has 1 amide bonds. The van der Waals surface area contributed by atoms with Crippen molar-refractivity contribution in [2.45, 2.75) is 13.3 Å². The zero-order chi connectivity index (χ0) is 9.97. The Bertz CT molecular complexity index is 320. The fourth-order valence-corrected chi connectivity index (χ4v) is 1.81.